The highest BCUT2D eigenvalue weighted by Gasteiger charge is 2.18. The van der Waals surface area contributed by atoms with Crippen LogP contribution < -0.4 is 5.32 Å². The fourth-order valence-electron chi connectivity index (χ4n) is 1.83. The first-order valence-electron chi connectivity index (χ1n) is 6.11. The zero-order valence-corrected chi connectivity index (χ0v) is 11.8. The predicted octanol–water partition coefficient (Wildman–Crippen LogP) is 3.24. The summed E-state index contributed by atoms with van der Waals surface area (Å²) in [6.07, 6.45) is 0.627. The molecule has 0 aliphatic heterocycles. The van der Waals surface area contributed by atoms with Crippen LogP contribution in [0.3, 0.4) is 0 Å². The summed E-state index contributed by atoms with van der Waals surface area (Å²) in [6.45, 7) is 6.56. The molecule has 1 aromatic carbocycles. The second-order valence-electron chi connectivity index (χ2n) is 4.97. The monoisotopic (exact) mass is 269 g/mol. The molecule has 0 spiro atoms. The van der Waals surface area contributed by atoms with E-state index in [1.807, 2.05) is 39.0 Å². The predicted molar refractivity (Wildman–Crippen MR) is 73.9 cm³/mol. The molecule has 0 bridgehead atoms. The van der Waals surface area contributed by atoms with Crippen molar-refractivity contribution in [2.75, 3.05) is 0 Å². The van der Waals surface area contributed by atoms with E-state index in [0.29, 0.717) is 23.9 Å². The Morgan fingerprint density at radius 1 is 1.44 bits per heavy atom. The highest BCUT2D eigenvalue weighted by atomic mass is 35.5. The number of aryl methyl sites for hydroxylation is 1. The van der Waals surface area contributed by atoms with Gasteiger partial charge in [-0.1, -0.05) is 31.5 Å². The van der Waals surface area contributed by atoms with Gasteiger partial charge in [-0.25, -0.2) is 0 Å². The SMILES string of the molecule is Cc1cc(Cl)ccc1CNC(CC(C)C)C(=O)O. The number of carboxylic acids is 1. The zero-order valence-electron chi connectivity index (χ0n) is 11.0. The zero-order chi connectivity index (χ0) is 13.7. The van der Waals surface area contributed by atoms with Crippen LogP contribution in [0.2, 0.25) is 5.02 Å². The minimum absolute atomic E-state index is 0.352. The van der Waals surface area contributed by atoms with E-state index in [2.05, 4.69) is 5.32 Å². The lowest BCUT2D eigenvalue weighted by molar-refractivity contribution is -0.140. The van der Waals surface area contributed by atoms with E-state index < -0.39 is 12.0 Å². The van der Waals surface area contributed by atoms with Crippen molar-refractivity contribution < 1.29 is 9.90 Å². The first-order chi connectivity index (χ1) is 8.40. The summed E-state index contributed by atoms with van der Waals surface area (Å²) < 4.78 is 0. The lowest BCUT2D eigenvalue weighted by Gasteiger charge is -2.17. The van der Waals surface area contributed by atoms with Crippen molar-refractivity contribution >= 4 is 17.6 Å². The van der Waals surface area contributed by atoms with Gasteiger partial charge >= 0.3 is 5.97 Å². The first kappa shape index (κ1) is 15.0. The normalized spacial score (nSPS) is 12.7. The third-order valence-corrected chi connectivity index (χ3v) is 3.08. The van der Waals surface area contributed by atoms with Crippen molar-refractivity contribution in [2.24, 2.45) is 5.92 Å². The third-order valence-electron chi connectivity index (χ3n) is 2.85. The van der Waals surface area contributed by atoms with Gasteiger partial charge in [0.1, 0.15) is 6.04 Å². The van der Waals surface area contributed by atoms with Gasteiger partial charge in [-0.05, 0) is 42.5 Å². The lowest BCUT2D eigenvalue weighted by atomic mass is 10.0. The minimum atomic E-state index is -0.796. The highest BCUT2D eigenvalue weighted by Crippen LogP contribution is 2.15. The molecule has 0 fully saturated rings. The number of hydrogen-bond acceptors (Lipinski definition) is 2. The van der Waals surface area contributed by atoms with Gasteiger partial charge in [0.2, 0.25) is 0 Å². The topological polar surface area (TPSA) is 49.3 Å². The maximum Gasteiger partial charge on any atom is 0.320 e. The third kappa shape index (κ3) is 4.67. The van der Waals surface area contributed by atoms with Crippen LogP contribution in [0.25, 0.3) is 0 Å². The van der Waals surface area contributed by atoms with E-state index in [4.69, 9.17) is 16.7 Å². The standard InChI is InChI=1S/C14H20ClNO2/c1-9(2)6-13(14(17)18)16-8-11-4-5-12(15)7-10(11)3/h4-5,7,9,13,16H,6,8H2,1-3H3,(H,17,18). The average Bonchev–Trinajstić information content (AvgIpc) is 2.25. The van der Waals surface area contributed by atoms with Gasteiger partial charge in [0.15, 0.2) is 0 Å². The van der Waals surface area contributed by atoms with Gasteiger partial charge in [-0.15, -0.1) is 0 Å². The number of carboxylic acid groups (broad SMARTS) is 1. The van der Waals surface area contributed by atoms with Crippen LogP contribution in [0, 0.1) is 12.8 Å². The fourth-order valence-corrected chi connectivity index (χ4v) is 2.06. The Bertz CT molecular complexity index is 418. The molecule has 0 aliphatic carbocycles. The Kier molecular flexibility index (Phi) is 5.63. The molecule has 100 valence electrons. The van der Waals surface area contributed by atoms with E-state index in [9.17, 15) is 4.79 Å². The quantitative estimate of drug-likeness (QED) is 0.834. The summed E-state index contributed by atoms with van der Waals surface area (Å²) in [4.78, 5) is 11.1. The van der Waals surface area contributed by atoms with Crippen LogP contribution in [-0.4, -0.2) is 17.1 Å². The first-order valence-corrected chi connectivity index (χ1v) is 6.49. The summed E-state index contributed by atoms with van der Waals surface area (Å²) >= 11 is 5.88. The molecular formula is C14H20ClNO2. The molecule has 1 unspecified atom stereocenters. The van der Waals surface area contributed by atoms with Crippen molar-refractivity contribution in [3.63, 3.8) is 0 Å². The summed E-state index contributed by atoms with van der Waals surface area (Å²) in [6, 6.07) is 5.14. The molecule has 0 saturated carbocycles. The van der Waals surface area contributed by atoms with Crippen molar-refractivity contribution in [2.45, 2.75) is 39.8 Å². The number of rotatable bonds is 6. The summed E-state index contributed by atoms with van der Waals surface area (Å²) in [7, 11) is 0. The second-order valence-corrected chi connectivity index (χ2v) is 5.41. The molecular weight excluding hydrogens is 250 g/mol. The summed E-state index contributed by atoms with van der Waals surface area (Å²) in [5, 5.41) is 12.9. The average molecular weight is 270 g/mol. The van der Waals surface area contributed by atoms with Crippen LogP contribution in [0.15, 0.2) is 18.2 Å². The van der Waals surface area contributed by atoms with Crippen LogP contribution in [0.5, 0.6) is 0 Å². The molecule has 0 radical (unpaired) electrons. The molecule has 1 atom stereocenters. The molecule has 0 saturated heterocycles. The Labute approximate surface area is 113 Å². The minimum Gasteiger partial charge on any atom is -0.480 e. The maximum absolute atomic E-state index is 11.1. The van der Waals surface area contributed by atoms with Crippen molar-refractivity contribution in [3.05, 3.63) is 34.3 Å². The number of halogens is 1. The Morgan fingerprint density at radius 3 is 2.61 bits per heavy atom. The van der Waals surface area contributed by atoms with Crippen LogP contribution in [0.4, 0.5) is 0 Å². The number of carbonyl (C=O) groups is 1. The molecule has 0 heterocycles. The largest absolute Gasteiger partial charge is 0.480 e. The number of nitrogens with one attached hydrogen (secondary N) is 1. The highest BCUT2D eigenvalue weighted by molar-refractivity contribution is 6.30. The van der Waals surface area contributed by atoms with Crippen LogP contribution >= 0.6 is 11.6 Å². The van der Waals surface area contributed by atoms with Gasteiger partial charge in [0.25, 0.3) is 0 Å². The molecule has 0 aromatic heterocycles. The molecule has 2 N–H and O–H groups in total. The Hall–Kier alpha value is -1.06. The molecule has 3 nitrogen and oxygen atoms in total. The van der Waals surface area contributed by atoms with Crippen molar-refractivity contribution in [1.82, 2.24) is 5.32 Å². The van der Waals surface area contributed by atoms with Gasteiger partial charge in [-0.2, -0.15) is 0 Å². The van der Waals surface area contributed by atoms with Crippen molar-refractivity contribution in [3.8, 4) is 0 Å². The number of hydrogen-bond donors (Lipinski definition) is 2. The molecule has 1 aromatic rings. The molecule has 18 heavy (non-hydrogen) atoms. The Morgan fingerprint density at radius 2 is 2.11 bits per heavy atom. The smallest absolute Gasteiger partial charge is 0.320 e. The van der Waals surface area contributed by atoms with Crippen molar-refractivity contribution in [1.29, 1.82) is 0 Å². The molecule has 0 amide bonds. The Balaban J connectivity index is 2.64. The van der Waals surface area contributed by atoms with E-state index in [1.165, 1.54) is 0 Å². The summed E-state index contributed by atoms with van der Waals surface area (Å²) in [5.41, 5.74) is 2.15. The van der Waals surface area contributed by atoms with E-state index in [-0.39, 0.29) is 0 Å². The van der Waals surface area contributed by atoms with E-state index in [0.717, 1.165) is 11.1 Å². The van der Waals surface area contributed by atoms with Gasteiger partial charge in [0, 0.05) is 11.6 Å². The second kappa shape index (κ2) is 6.76. The van der Waals surface area contributed by atoms with Gasteiger partial charge in [-0.3, -0.25) is 4.79 Å². The summed E-state index contributed by atoms with van der Waals surface area (Å²) in [5.74, 6) is -0.444. The molecule has 0 aliphatic rings. The lowest BCUT2D eigenvalue weighted by Crippen LogP contribution is -2.37. The molecule has 1 rings (SSSR count). The van der Waals surface area contributed by atoms with E-state index in [1.54, 1.807) is 0 Å². The molecule has 4 heteroatoms. The fraction of sp³-hybridized carbons (Fsp3) is 0.500. The van der Waals surface area contributed by atoms with Crippen LogP contribution in [0.1, 0.15) is 31.4 Å². The van der Waals surface area contributed by atoms with Gasteiger partial charge in [0.05, 0.1) is 0 Å². The number of benzene rings is 1. The van der Waals surface area contributed by atoms with E-state index >= 15 is 0 Å². The maximum atomic E-state index is 11.1. The van der Waals surface area contributed by atoms with Gasteiger partial charge < -0.3 is 10.4 Å². The van der Waals surface area contributed by atoms with Crippen LogP contribution in [-0.2, 0) is 11.3 Å². The number of aliphatic carboxylic acids is 1.